The average molecular weight is 156 g/mol. The van der Waals surface area contributed by atoms with E-state index in [1.54, 1.807) is 6.92 Å². The molecule has 0 atom stereocenters. The van der Waals surface area contributed by atoms with E-state index < -0.39 is 5.97 Å². The molecule has 0 fully saturated rings. The fraction of sp³-hybridized carbons (Fsp3) is 0.333. The molecule has 0 aliphatic carbocycles. The van der Waals surface area contributed by atoms with Gasteiger partial charge in [0.15, 0.2) is 0 Å². The Hall–Kier alpha value is -1.52. The molecule has 0 bridgehead atoms. The highest BCUT2D eigenvalue weighted by Crippen LogP contribution is 1.86. The van der Waals surface area contributed by atoms with Crippen LogP contribution in [-0.2, 0) is 11.3 Å². The van der Waals surface area contributed by atoms with Crippen molar-refractivity contribution in [2.24, 2.45) is 0 Å². The fourth-order valence-corrected chi connectivity index (χ4v) is 0.774. The predicted molar refractivity (Wildman–Crippen MR) is 37.4 cm³/mol. The number of aryl methyl sites for hydroxylation is 1. The molecule has 0 saturated heterocycles. The summed E-state index contributed by atoms with van der Waals surface area (Å²) in [7, 11) is 0. The summed E-state index contributed by atoms with van der Waals surface area (Å²) in [6.45, 7) is 1.42. The van der Waals surface area contributed by atoms with Crippen molar-refractivity contribution in [2.45, 2.75) is 13.5 Å². The molecule has 5 heteroatoms. The summed E-state index contributed by atoms with van der Waals surface area (Å²) in [4.78, 5) is 20.9. The van der Waals surface area contributed by atoms with E-state index in [4.69, 9.17) is 5.11 Å². The van der Waals surface area contributed by atoms with Crippen LogP contribution in [0.3, 0.4) is 0 Å². The summed E-state index contributed by atoms with van der Waals surface area (Å²) in [5, 5.41) is 10.7. The van der Waals surface area contributed by atoms with Crippen molar-refractivity contribution in [3.05, 3.63) is 22.1 Å². The molecule has 0 aliphatic rings. The smallest absolute Gasteiger partial charge is 0.325 e. The zero-order valence-electron chi connectivity index (χ0n) is 6.00. The molecule has 5 nitrogen and oxygen atoms in total. The molecule has 1 aromatic heterocycles. The van der Waals surface area contributed by atoms with Crippen LogP contribution in [0.15, 0.2) is 11.0 Å². The molecule has 0 amide bonds. The van der Waals surface area contributed by atoms with Gasteiger partial charge >= 0.3 is 5.97 Å². The monoisotopic (exact) mass is 156 g/mol. The van der Waals surface area contributed by atoms with E-state index in [1.807, 2.05) is 0 Å². The topological polar surface area (TPSA) is 75.1 Å². The summed E-state index contributed by atoms with van der Waals surface area (Å²) in [5.74, 6) is -0.976. The zero-order valence-corrected chi connectivity index (χ0v) is 6.00. The molecule has 11 heavy (non-hydrogen) atoms. The third-order valence-corrected chi connectivity index (χ3v) is 1.26. The number of rotatable bonds is 2. The van der Waals surface area contributed by atoms with Crippen LogP contribution in [0.25, 0.3) is 0 Å². The minimum absolute atomic E-state index is 0.205. The molecule has 0 saturated carbocycles. The molecule has 0 unspecified atom stereocenters. The number of aromatic amines is 1. The number of nitrogens with one attached hydrogen (secondary N) is 1. The Bertz CT molecular complexity index is 323. The molecular weight excluding hydrogens is 148 g/mol. The van der Waals surface area contributed by atoms with Gasteiger partial charge in [0.1, 0.15) is 6.54 Å². The molecule has 1 rings (SSSR count). The first-order valence-corrected chi connectivity index (χ1v) is 3.07. The molecule has 1 aromatic rings. The number of aliphatic carboxylic acids is 1. The van der Waals surface area contributed by atoms with Gasteiger partial charge in [0.25, 0.3) is 5.56 Å². The Morgan fingerprint density at radius 3 is 2.82 bits per heavy atom. The highest BCUT2D eigenvalue weighted by molar-refractivity contribution is 5.66. The maximum atomic E-state index is 10.8. The minimum Gasteiger partial charge on any atom is -0.480 e. The molecule has 0 radical (unpaired) electrons. The maximum absolute atomic E-state index is 10.8. The van der Waals surface area contributed by atoms with E-state index in [0.717, 1.165) is 0 Å². The molecular formula is C6H8N2O3. The van der Waals surface area contributed by atoms with Crippen LogP contribution in [0.4, 0.5) is 0 Å². The van der Waals surface area contributed by atoms with Gasteiger partial charge in [-0.2, -0.15) is 0 Å². The average Bonchev–Trinajstić information content (AvgIpc) is 2.10. The fourth-order valence-electron chi connectivity index (χ4n) is 0.774. The van der Waals surface area contributed by atoms with Gasteiger partial charge in [0.05, 0.1) is 0 Å². The maximum Gasteiger partial charge on any atom is 0.325 e. The first-order valence-electron chi connectivity index (χ1n) is 3.07. The lowest BCUT2D eigenvalue weighted by molar-refractivity contribution is -0.137. The van der Waals surface area contributed by atoms with Crippen LogP contribution < -0.4 is 5.56 Å². The summed E-state index contributed by atoms with van der Waals surface area (Å²) < 4.78 is 1.24. The lowest BCUT2D eigenvalue weighted by Gasteiger charge is -1.93. The van der Waals surface area contributed by atoms with E-state index in [0.29, 0.717) is 5.56 Å². The van der Waals surface area contributed by atoms with Gasteiger partial charge in [-0.3, -0.25) is 19.4 Å². The van der Waals surface area contributed by atoms with Crippen molar-refractivity contribution < 1.29 is 9.90 Å². The van der Waals surface area contributed by atoms with E-state index in [9.17, 15) is 9.59 Å². The summed E-state index contributed by atoms with van der Waals surface area (Å²) in [5.41, 5.74) is 0.275. The molecule has 0 aromatic carbocycles. The number of H-pyrrole nitrogens is 1. The van der Waals surface area contributed by atoms with Crippen LogP contribution in [0.5, 0.6) is 0 Å². The third-order valence-electron chi connectivity index (χ3n) is 1.26. The van der Waals surface area contributed by atoms with Gasteiger partial charge in [0.2, 0.25) is 0 Å². The Balaban J connectivity index is 2.89. The van der Waals surface area contributed by atoms with Gasteiger partial charge in [-0.15, -0.1) is 0 Å². The largest absolute Gasteiger partial charge is 0.480 e. The molecule has 1 heterocycles. The lowest BCUT2D eigenvalue weighted by atomic mass is 10.4. The van der Waals surface area contributed by atoms with Crippen molar-refractivity contribution >= 4 is 5.97 Å². The van der Waals surface area contributed by atoms with E-state index in [1.165, 1.54) is 10.9 Å². The van der Waals surface area contributed by atoms with Crippen molar-refractivity contribution in [2.75, 3.05) is 0 Å². The molecule has 0 spiro atoms. The Morgan fingerprint density at radius 1 is 1.82 bits per heavy atom. The van der Waals surface area contributed by atoms with Crippen LogP contribution >= 0.6 is 0 Å². The van der Waals surface area contributed by atoms with Crippen LogP contribution in [0, 0.1) is 6.92 Å². The standard InChI is InChI=1S/C6H8N2O3/c1-4-2-8(3-5(9)10)7-6(4)11/h2H,3H2,1H3,(H,7,11)(H,9,10). The lowest BCUT2D eigenvalue weighted by Crippen LogP contribution is -2.12. The Labute approximate surface area is 62.3 Å². The van der Waals surface area contributed by atoms with E-state index in [2.05, 4.69) is 5.10 Å². The van der Waals surface area contributed by atoms with Gasteiger partial charge in [0, 0.05) is 11.8 Å². The number of hydrogen-bond acceptors (Lipinski definition) is 2. The van der Waals surface area contributed by atoms with Gasteiger partial charge in [-0.1, -0.05) is 0 Å². The van der Waals surface area contributed by atoms with Crippen molar-refractivity contribution in [1.82, 2.24) is 9.78 Å². The predicted octanol–water partition coefficient (Wildman–Crippen LogP) is -0.431. The number of nitrogens with zero attached hydrogens (tertiary/aromatic N) is 1. The normalized spacial score (nSPS) is 9.91. The van der Waals surface area contributed by atoms with Crippen LogP contribution in [0.1, 0.15) is 5.56 Å². The number of carboxylic acids is 1. The SMILES string of the molecule is Cc1cn(CC(=O)O)[nH]c1=O. The zero-order chi connectivity index (χ0) is 8.43. The number of hydrogen-bond donors (Lipinski definition) is 2. The third kappa shape index (κ3) is 1.70. The quantitative estimate of drug-likeness (QED) is 0.610. The van der Waals surface area contributed by atoms with Crippen molar-refractivity contribution in [3.8, 4) is 0 Å². The van der Waals surface area contributed by atoms with Gasteiger partial charge in [-0.25, -0.2) is 0 Å². The number of carboxylic acid groups (broad SMARTS) is 1. The molecule has 2 N–H and O–H groups in total. The van der Waals surface area contributed by atoms with E-state index in [-0.39, 0.29) is 12.1 Å². The van der Waals surface area contributed by atoms with Crippen LogP contribution in [-0.4, -0.2) is 20.9 Å². The number of aromatic nitrogens is 2. The number of carbonyl (C=O) groups is 1. The second-order valence-corrected chi connectivity index (χ2v) is 2.27. The molecule has 0 aliphatic heterocycles. The van der Waals surface area contributed by atoms with Crippen LogP contribution in [0.2, 0.25) is 0 Å². The van der Waals surface area contributed by atoms with Gasteiger partial charge < -0.3 is 5.11 Å². The second kappa shape index (κ2) is 2.61. The Kier molecular flexibility index (Phi) is 1.80. The molecule has 60 valence electrons. The van der Waals surface area contributed by atoms with Crippen molar-refractivity contribution in [1.29, 1.82) is 0 Å². The highest BCUT2D eigenvalue weighted by Gasteiger charge is 2.01. The second-order valence-electron chi connectivity index (χ2n) is 2.27. The van der Waals surface area contributed by atoms with E-state index >= 15 is 0 Å². The minimum atomic E-state index is -0.976. The van der Waals surface area contributed by atoms with Gasteiger partial charge in [-0.05, 0) is 6.92 Å². The Morgan fingerprint density at radius 2 is 2.45 bits per heavy atom. The first kappa shape index (κ1) is 7.59. The first-order chi connectivity index (χ1) is 5.09. The summed E-state index contributed by atoms with van der Waals surface area (Å²) in [6.07, 6.45) is 1.47. The highest BCUT2D eigenvalue weighted by atomic mass is 16.4. The van der Waals surface area contributed by atoms with Crippen molar-refractivity contribution in [3.63, 3.8) is 0 Å². The summed E-state index contributed by atoms with van der Waals surface area (Å²) >= 11 is 0. The summed E-state index contributed by atoms with van der Waals surface area (Å²) in [6, 6.07) is 0.